The van der Waals surface area contributed by atoms with Crippen molar-refractivity contribution in [2.75, 3.05) is 18.5 Å². The topological polar surface area (TPSA) is 105 Å². The minimum absolute atomic E-state index is 0.0371. The maximum atomic E-state index is 13.3. The minimum Gasteiger partial charge on any atom is -0.455 e. The molecule has 196 valence electrons. The van der Waals surface area contributed by atoms with Crippen molar-refractivity contribution in [3.05, 3.63) is 114 Å². The van der Waals surface area contributed by atoms with Gasteiger partial charge in [0.1, 0.15) is 0 Å². The second kappa shape index (κ2) is 11.6. The summed E-state index contributed by atoms with van der Waals surface area (Å²) in [5.41, 5.74) is 4.86. The van der Waals surface area contributed by atoms with Gasteiger partial charge in [0, 0.05) is 17.5 Å². The number of hydrogen-bond acceptors (Lipinski definition) is 5. The Balaban J connectivity index is 1.18. The van der Waals surface area contributed by atoms with Gasteiger partial charge in [0.25, 0.3) is 11.8 Å². The number of nitrogens with one attached hydrogen (secondary N) is 2. The minimum atomic E-state index is -0.796. The number of rotatable bonds is 8. The van der Waals surface area contributed by atoms with Crippen molar-refractivity contribution in [2.45, 2.75) is 12.3 Å². The highest BCUT2D eigenvalue weighted by Crippen LogP contribution is 2.26. The lowest BCUT2D eigenvalue weighted by molar-refractivity contribution is -0.151. The average molecular weight is 522 g/mol. The number of benzene rings is 4. The van der Waals surface area contributed by atoms with E-state index in [1.54, 1.807) is 6.07 Å². The Hall–Kier alpha value is -4.98. The molecule has 1 fully saturated rings. The fourth-order valence-electron chi connectivity index (χ4n) is 4.73. The molecule has 0 bridgehead atoms. The number of hydrogen-bond donors (Lipinski definition) is 2. The van der Waals surface area contributed by atoms with Crippen LogP contribution in [0.2, 0.25) is 0 Å². The highest BCUT2D eigenvalue weighted by Gasteiger charge is 2.37. The summed E-state index contributed by atoms with van der Waals surface area (Å²) in [5.74, 6) is -3.37. The van der Waals surface area contributed by atoms with Crippen molar-refractivity contribution in [3.8, 4) is 0 Å². The normalized spacial score (nSPS) is 14.8. The predicted octanol–water partition coefficient (Wildman–Crippen LogP) is 4.03. The maximum Gasteiger partial charge on any atom is 0.311 e. The molecule has 0 radical (unpaired) electrons. The molecular formula is C31H27N3O5. The molecule has 1 aliphatic rings. The number of hydrazine groups is 1. The first-order chi connectivity index (χ1) is 19.0. The van der Waals surface area contributed by atoms with E-state index < -0.39 is 36.2 Å². The lowest BCUT2D eigenvalue weighted by Gasteiger charge is -2.23. The number of ether oxygens (including phenoxy) is 1. The molecule has 4 aromatic carbocycles. The summed E-state index contributed by atoms with van der Waals surface area (Å²) in [5, 5.41) is 5.77. The Morgan fingerprint density at radius 1 is 0.821 bits per heavy atom. The van der Waals surface area contributed by atoms with Crippen LogP contribution in [0, 0.1) is 5.92 Å². The van der Waals surface area contributed by atoms with Gasteiger partial charge in [-0.3, -0.25) is 29.6 Å². The summed E-state index contributed by atoms with van der Waals surface area (Å²) in [6.07, 6.45) is -0.120. The summed E-state index contributed by atoms with van der Waals surface area (Å²) in [7, 11) is 0. The molecule has 1 aliphatic heterocycles. The highest BCUT2D eigenvalue weighted by atomic mass is 16.5. The first kappa shape index (κ1) is 25.7. The average Bonchev–Trinajstić information content (AvgIpc) is 3.33. The van der Waals surface area contributed by atoms with Crippen molar-refractivity contribution >= 4 is 40.2 Å². The van der Waals surface area contributed by atoms with Gasteiger partial charge in [-0.1, -0.05) is 97.1 Å². The Labute approximate surface area is 225 Å². The number of carbonyl (C=O) groups is 4. The number of esters is 1. The van der Waals surface area contributed by atoms with Crippen LogP contribution in [0.15, 0.2) is 103 Å². The summed E-state index contributed by atoms with van der Waals surface area (Å²) in [6, 6.07) is 31.7. The zero-order valence-corrected chi connectivity index (χ0v) is 21.1. The summed E-state index contributed by atoms with van der Waals surface area (Å²) in [4.78, 5) is 51.1. The van der Waals surface area contributed by atoms with Gasteiger partial charge < -0.3 is 10.1 Å². The summed E-state index contributed by atoms with van der Waals surface area (Å²) >= 11 is 0. The SMILES string of the molecule is O=C(COC(=O)[C@H]1CC(=O)N(NC(=O)C(c2ccccc2)c2ccccc2)C1)Nc1cccc2ccccc12. The van der Waals surface area contributed by atoms with Crippen molar-refractivity contribution in [3.63, 3.8) is 0 Å². The van der Waals surface area contributed by atoms with Crippen LogP contribution in [-0.4, -0.2) is 41.9 Å². The molecule has 8 nitrogen and oxygen atoms in total. The molecule has 0 saturated carbocycles. The molecule has 0 aliphatic carbocycles. The van der Waals surface area contributed by atoms with Gasteiger partial charge >= 0.3 is 5.97 Å². The Kier molecular flexibility index (Phi) is 7.63. The third kappa shape index (κ3) is 5.96. The van der Waals surface area contributed by atoms with Crippen LogP contribution in [-0.2, 0) is 23.9 Å². The van der Waals surface area contributed by atoms with Crippen LogP contribution < -0.4 is 10.7 Å². The van der Waals surface area contributed by atoms with Crippen LogP contribution in [0.25, 0.3) is 10.8 Å². The maximum absolute atomic E-state index is 13.3. The van der Waals surface area contributed by atoms with Gasteiger partial charge in [-0.05, 0) is 22.6 Å². The summed E-state index contributed by atoms with van der Waals surface area (Å²) < 4.78 is 5.22. The molecule has 0 unspecified atom stereocenters. The van der Waals surface area contributed by atoms with E-state index in [2.05, 4.69) is 10.7 Å². The van der Waals surface area contributed by atoms with Crippen LogP contribution >= 0.6 is 0 Å². The smallest absolute Gasteiger partial charge is 0.311 e. The molecule has 1 saturated heterocycles. The van der Waals surface area contributed by atoms with Crippen LogP contribution in [0.4, 0.5) is 5.69 Å². The molecule has 1 atom stereocenters. The fraction of sp³-hybridized carbons (Fsp3) is 0.161. The Morgan fingerprint density at radius 2 is 1.44 bits per heavy atom. The van der Waals surface area contributed by atoms with Crippen LogP contribution in [0.5, 0.6) is 0 Å². The van der Waals surface area contributed by atoms with E-state index in [-0.39, 0.29) is 18.9 Å². The molecule has 8 heteroatoms. The van der Waals surface area contributed by atoms with Crippen molar-refractivity contribution in [1.29, 1.82) is 0 Å². The third-order valence-electron chi connectivity index (χ3n) is 6.64. The van der Waals surface area contributed by atoms with Gasteiger partial charge in [-0.15, -0.1) is 0 Å². The van der Waals surface area contributed by atoms with E-state index >= 15 is 0 Å². The highest BCUT2D eigenvalue weighted by molar-refractivity contribution is 6.03. The van der Waals surface area contributed by atoms with E-state index in [4.69, 9.17) is 4.74 Å². The van der Waals surface area contributed by atoms with Crippen molar-refractivity contribution in [1.82, 2.24) is 10.4 Å². The second-order valence-electron chi connectivity index (χ2n) is 9.32. The lowest BCUT2D eigenvalue weighted by atomic mass is 9.91. The number of anilines is 1. The molecule has 0 spiro atoms. The first-order valence-electron chi connectivity index (χ1n) is 12.6. The zero-order chi connectivity index (χ0) is 27.2. The largest absolute Gasteiger partial charge is 0.455 e. The van der Waals surface area contributed by atoms with Gasteiger partial charge in [-0.2, -0.15) is 0 Å². The van der Waals surface area contributed by atoms with Gasteiger partial charge in [0.05, 0.1) is 18.4 Å². The zero-order valence-electron chi connectivity index (χ0n) is 21.1. The van der Waals surface area contributed by atoms with E-state index in [0.717, 1.165) is 26.9 Å². The molecule has 0 aromatic heterocycles. The van der Waals surface area contributed by atoms with Gasteiger partial charge in [-0.25, -0.2) is 0 Å². The van der Waals surface area contributed by atoms with E-state index in [1.165, 1.54) is 0 Å². The molecule has 5 rings (SSSR count). The van der Waals surface area contributed by atoms with E-state index in [0.29, 0.717) is 5.69 Å². The number of carbonyl (C=O) groups excluding carboxylic acids is 4. The molecule has 1 heterocycles. The lowest BCUT2D eigenvalue weighted by Crippen LogP contribution is -2.45. The van der Waals surface area contributed by atoms with Crippen molar-refractivity contribution in [2.24, 2.45) is 5.92 Å². The van der Waals surface area contributed by atoms with E-state index in [9.17, 15) is 19.2 Å². The van der Waals surface area contributed by atoms with E-state index in [1.807, 2.05) is 97.1 Å². The molecule has 2 N–H and O–H groups in total. The summed E-state index contributed by atoms with van der Waals surface area (Å²) in [6.45, 7) is -0.520. The monoisotopic (exact) mass is 521 g/mol. The second-order valence-corrected chi connectivity index (χ2v) is 9.32. The Morgan fingerprint density at radius 3 is 2.13 bits per heavy atom. The quantitative estimate of drug-likeness (QED) is 0.341. The fourth-order valence-corrected chi connectivity index (χ4v) is 4.73. The molecule has 39 heavy (non-hydrogen) atoms. The van der Waals surface area contributed by atoms with Crippen LogP contribution in [0.3, 0.4) is 0 Å². The molecule has 4 aromatic rings. The number of fused-ring (bicyclic) bond motifs is 1. The Bertz CT molecular complexity index is 1460. The third-order valence-corrected chi connectivity index (χ3v) is 6.64. The van der Waals surface area contributed by atoms with Gasteiger partial charge in [0.2, 0.25) is 5.91 Å². The number of amides is 3. The standard InChI is InChI=1S/C31H27N3O5/c35-27(32-26-17-9-15-21-10-7-8-16-25(21)26)20-39-31(38)24-18-28(36)34(19-24)33-30(37)29(22-11-3-1-4-12-22)23-13-5-2-6-14-23/h1-17,24,29H,18-20H2,(H,32,35)(H,33,37)/t24-/m0/s1. The van der Waals surface area contributed by atoms with Crippen molar-refractivity contribution < 1.29 is 23.9 Å². The van der Waals surface area contributed by atoms with Gasteiger partial charge in [0.15, 0.2) is 6.61 Å². The molecule has 3 amide bonds. The predicted molar refractivity (Wildman–Crippen MR) is 146 cm³/mol. The molecular weight excluding hydrogens is 494 g/mol. The number of nitrogens with zero attached hydrogens (tertiary/aromatic N) is 1. The van der Waals surface area contributed by atoms with Crippen LogP contribution in [0.1, 0.15) is 23.5 Å². The first-order valence-corrected chi connectivity index (χ1v) is 12.6.